The van der Waals surface area contributed by atoms with Gasteiger partial charge in [-0.3, -0.25) is 9.59 Å². The van der Waals surface area contributed by atoms with Gasteiger partial charge in [0, 0.05) is 16.2 Å². The fourth-order valence-corrected chi connectivity index (χ4v) is 3.15. The number of carboxylic acid groups (broad SMARTS) is 1. The number of fused-ring (bicyclic) bond motifs is 2. The van der Waals surface area contributed by atoms with Gasteiger partial charge < -0.3 is 5.11 Å². The van der Waals surface area contributed by atoms with Gasteiger partial charge >= 0.3 is 5.97 Å². The Labute approximate surface area is 120 Å². The Bertz CT molecular complexity index is 952. The third-order valence-electron chi connectivity index (χ3n) is 3.04. The summed E-state index contributed by atoms with van der Waals surface area (Å²) in [4.78, 5) is 26.8. The first kappa shape index (κ1) is 13.6. The maximum Gasteiger partial charge on any atom is 0.307 e. The first-order valence-electron chi connectivity index (χ1n) is 5.89. The molecule has 1 N–H and O–H groups in total. The number of carboxylic acids is 1. The van der Waals surface area contributed by atoms with Gasteiger partial charge in [0.1, 0.15) is 5.82 Å². The number of halogens is 2. The zero-order valence-electron chi connectivity index (χ0n) is 10.4. The van der Waals surface area contributed by atoms with Crippen molar-refractivity contribution in [3.63, 3.8) is 0 Å². The zero-order valence-corrected chi connectivity index (χ0v) is 11.2. The van der Waals surface area contributed by atoms with Crippen molar-refractivity contribution < 1.29 is 18.7 Å². The summed E-state index contributed by atoms with van der Waals surface area (Å²) in [5.41, 5.74) is -0.395. The topological polar surface area (TPSA) is 67.3 Å². The summed E-state index contributed by atoms with van der Waals surface area (Å²) in [6, 6.07) is 4.58. The summed E-state index contributed by atoms with van der Waals surface area (Å²) in [6.45, 7) is 0. The second-order valence-electron chi connectivity index (χ2n) is 4.42. The third kappa shape index (κ3) is 2.36. The molecule has 0 bridgehead atoms. The van der Waals surface area contributed by atoms with Gasteiger partial charge in [-0.15, -0.1) is 11.3 Å². The van der Waals surface area contributed by atoms with Crippen LogP contribution in [0.5, 0.6) is 0 Å². The van der Waals surface area contributed by atoms with Crippen molar-refractivity contribution in [3.8, 4) is 0 Å². The molecule has 0 aliphatic heterocycles. The lowest BCUT2D eigenvalue weighted by atomic mass is 10.1. The van der Waals surface area contributed by atoms with Crippen LogP contribution in [0.25, 0.3) is 21.0 Å². The molecule has 0 saturated heterocycles. The van der Waals surface area contributed by atoms with Crippen LogP contribution in [-0.4, -0.2) is 16.1 Å². The second-order valence-corrected chi connectivity index (χ2v) is 5.42. The van der Waals surface area contributed by atoms with Crippen molar-refractivity contribution in [2.24, 2.45) is 0 Å². The van der Waals surface area contributed by atoms with E-state index in [1.165, 1.54) is 6.07 Å². The van der Waals surface area contributed by atoms with Gasteiger partial charge in [-0.2, -0.15) is 4.39 Å². The average molecular weight is 307 g/mol. The molecule has 106 valence electrons. The van der Waals surface area contributed by atoms with E-state index in [9.17, 15) is 18.4 Å². The molecule has 3 rings (SSSR count). The number of aliphatic carboxylic acids is 1. The van der Waals surface area contributed by atoms with E-state index >= 15 is 0 Å². The first-order valence-corrected chi connectivity index (χ1v) is 6.70. The fraction of sp³-hybridized carbons (Fsp3) is 0.0714. The van der Waals surface area contributed by atoms with Crippen molar-refractivity contribution in [1.82, 2.24) is 4.98 Å². The molecule has 4 nitrogen and oxygen atoms in total. The molecule has 0 atom stereocenters. The van der Waals surface area contributed by atoms with Gasteiger partial charge in [0.25, 0.3) is 5.56 Å². The number of aromatic nitrogens is 1. The van der Waals surface area contributed by atoms with Crippen LogP contribution in [0.3, 0.4) is 0 Å². The molecule has 7 heteroatoms. The quantitative estimate of drug-likeness (QED) is 0.790. The van der Waals surface area contributed by atoms with E-state index in [1.54, 1.807) is 0 Å². The maximum absolute atomic E-state index is 13.5. The molecule has 0 spiro atoms. The summed E-state index contributed by atoms with van der Waals surface area (Å²) in [5, 5.41) is 8.77. The summed E-state index contributed by atoms with van der Waals surface area (Å²) in [6.07, 6.45) is -0.408. The largest absolute Gasteiger partial charge is 0.481 e. The molecular formula is C14H7F2NO3S. The predicted molar refractivity (Wildman–Crippen MR) is 74.7 cm³/mol. The van der Waals surface area contributed by atoms with E-state index in [-0.39, 0.29) is 21.2 Å². The van der Waals surface area contributed by atoms with Crippen LogP contribution in [-0.2, 0) is 11.2 Å². The van der Waals surface area contributed by atoms with Crippen molar-refractivity contribution >= 4 is 38.3 Å². The highest BCUT2D eigenvalue weighted by Crippen LogP contribution is 2.29. The van der Waals surface area contributed by atoms with Gasteiger partial charge in [-0.25, -0.2) is 9.37 Å². The highest BCUT2D eigenvalue weighted by Gasteiger charge is 2.15. The molecule has 1 aromatic carbocycles. The van der Waals surface area contributed by atoms with E-state index in [0.717, 1.165) is 18.2 Å². The molecule has 2 heterocycles. The van der Waals surface area contributed by atoms with Crippen LogP contribution in [0, 0.1) is 10.9 Å². The Morgan fingerprint density at radius 3 is 2.71 bits per heavy atom. The van der Waals surface area contributed by atoms with Crippen molar-refractivity contribution in [2.45, 2.75) is 6.42 Å². The highest BCUT2D eigenvalue weighted by atomic mass is 32.1. The van der Waals surface area contributed by atoms with Gasteiger partial charge in [0.05, 0.1) is 17.3 Å². The molecule has 0 amide bonds. The minimum absolute atomic E-state index is 0.00496. The summed E-state index contributed by atoms with van der Waals surface area (Å²) in [7, 11) is 0. The predicted octanol–water partition coefficient (Wildman–Crippen LogP) is 2.72. The zero-order chi connectivity index (χ0) is 15.1. The number of hydrogen-bond donors (Lipinski definition) is 1. The van der Waals surface area contributed by atoms with Crippen molar-refractivity contribution in [2.75, 3.05) is 0 Å². The molecule has 0 unspecified atom stereocenters. The van der Waals surface area contributed by atoms with Gasteiger partial charge in [-0.1, -0.05) is 0 Å². The average Bonchev–Trinajstić information content (AvgIpc) is 2.74. The molecule has 21 heavy (non-hydrogen) atoms. The van der Waals surface area contributed by atoms with E-state index < -0.39 is 28.9 Å². The minimum Gasteiger partial charge on any atom is -0.481 e. The lowest BCUT2D eigenvalue weighted by molar-refractivity contribution is -0.136. The van der Waals surface area contributed by atoms with E-state index in [0.29, 0.717) is 16.7 Å². The van der Waals surface area contributed by atoms with Crippen LogP contribution in [0.4, 0.5) is 8.78 Å². The molecule has 3 aromatic rings. The van der Waals surface area contributed by atoms with Crippen molar-refractivity contribution in [1.29, 1.82) is 0 Å². The minimum atomic E-state index is -1.13. The lowest BCUT2D eigenvalue weighted by Gasteiger charge is -2.00. The van der Waals surface area contributed by atoms with E-state index in [4.69, 9.17) is 5.11 Å². The second kappa shape index (κ2) is 4.85. The maximum atomic E-state index is 13.5. The summed E-state index contributed by atoms with van der Waals surface area (Å²) >= 11 is 0.684. The Morgan fingerprint density at radius 1 is 1.24 bits per heavy atom. The number of rotatable bonds is 2. The Kier molecular flexibility index (Phi) is 3.13. The summed E-state index contributed by atoms with van der Waals surface area (Å²) in [5.74, 6) is -1.72. The molecular weight excluding hydrogens is 300 g/mol. The SMILES string of the molecule is O=C(O)Cc1c2ccc(F)cc2nc(=O)c2cc(F)sc12. The van der Waals surface area contributed by atoms with Crippen LogP contribution in [0.2, 0.25) is 0 Å². The van der Waals surface area contributed by atoms with Crippen LogP contribution in [0.1, 0.15) is 5.56 Å². The summed E-state index contributed by atoms with van der Waals surface area (Å²) < 4.78 is 27.0. The van der Waals surface area contributed by atoms with E-state index in [2.05, 4.69) is 4.98 Å². The van der Waals surface area contributed by atoms with Crippen LogP contribution in [0.15, 0.2) is 29.1 Å². The molecule has 0 fully saturated rings. The lowest BCUT2D eigenvalue weighted by Crippen LogP contribution is -2.00. The molecule has 2 aromatic heterocycles. The number of hydrogen-bond acceptors (Lipinski definition) is 4. The van der Waals surface area contributed by atoms with Gasteiger partial charge in [-0.05, 0) is 23.8 Å². The molecule has 0 saturated carbocycles. The molecule has 0 radical (unpaired) electrons. The highest BCUT2D eigenvalue weighted by molar-refractivity contribution is 7.17. The van der Waals surface area contributed by atoms with Gasteiger partial charge in [0.15, 0.2) is 5.13 Å². The number of thiophene rings is 1. The smallest absolute Gasteiger partial charge is 0.307 e. The van der Waals surface area contributed by atoms with Crippen molar-refractivity contribution in [3.05, 3.63) is 51.1 Å². The first-order chi connectivity index (χ1) is 9.95. The normalized spacial score (nSPS) is 11.1. The van der Waals surface area contributed by atoms with E-state index in [1.807, 2.05) is 0 Å². The number of benzene rings is 1. The third-order valence-corrected chi connectivity index (χ3v) is 4.02. The Morgan fingerprint density at radius 2 is 2.00 bits per heavy atom. The molecule has 0 aliphatic rings. The van der Waals surface area contributed by atoms with Crippen LogP contribution < -0.4 is 5.56 Å². The van der Waals surface area contributed by atoms with Gasteiger partial charge in [0.2, 0.25) is 0 Å². The standard InChI is InChI=1S/C14H7F2NO3S/c15-6-1-2-7-8(5-12(18)19)13-9(4-11(16)21-13)14(20)17-10(7)3-6/h1-4H,5H2,(H,18,19). The fourth-order valence-electron chi connectivity index (χ4n) is 2.22. The number of carbonyl (C=O) groups is 1. The molecule has 0 aliphatic carbocycles. The Balaban J connectivity index is 2.58. The number of nitrogens with zero attached hydrogens (tertiary/aromatic N) is 1. The van der Waals surface area contributed by atoms with Crippen LogP contribution >= 0.6 is 11.3 Å². The Hall–Kier alpha value is -2.41. The monoisotopic (exact) mass is 307 g/mol.